The summed E-state index contributed by atoms with van der Waals surface area (Å²) >= 11 is 0. The highest BCUT2D eigenvalue weighted by atomic mass is 19.1. The number of amides is 3. The summed E-state index contributed by atoms with van der Waals surface area (Å²) in [7, 11) is 0. The van der Waals surface area contributed by atoms with Gasteiger partial charge in [-0.25, -0.2) is 9.37 Å². The lowest BCUT2D eigenvalue weighted by molar-refractivity contribution is -0.141. The standard InChI is InChI=1S/C37H41FN6O3/c1-25(45)41-14-9-27(10-15-41)36(46)43-16-11-32(12-17-43)42-18-20-44(21-19-42)37(47)30-23-34(26-2-5-31(38)6-3-26)40-35(24-30)28-4-7-33-29(22-28)8-13-39-33/h2-8,13,22-24,27,32,39H,9-12,14-21H2,1H3. The highest BCUT2D eigenvalue weighted by molar-refractivity contribution is 5.97. The first kappa shape index (κ1) is 31.1. The number of nitrogens with one attached hydrogen (secondary N) is 1. The second-order valence-corrected chi connectivity index (χ2v) is 13.1. The Balaban J connectivity index is 0.996. The Morgan fingerprint density at radius 2 is 1.36 bits per heavy atom. The van der Waals surface area contributed by atoms with Crippen LogP contribution in [0.5, 0.6) is 0 Å². The van der Waals surface area contributed by atoms with Crippen LogP contribution in [0.15, 0.2) is 66.9 Å². The highest BCUT2D eigenvalue weighted by Crippen LogP contribution is 2.29. The SMILES string of the molecule is CC(=O)N1CCC(C(=O)N2CCC(N3CCN(C(=O)c4cc(-c5ccc(F)cc5)nc(-c5ccc6[nH]ccc6c5)c4)CC3)CC2)CC1. The van der Waals surface area contributed by atoms with Crippen LogP contribution in [-0.4, -0.2) is 106 Å². The molecule has 10 heteroatoms. The number of pyridine rings is 1. The van der Waals surface area contributed by atoms with Crippen LogP contribution in [0.3, 0.4) is 0 Å². The van der Waals surface area contributed by atoms with Gasteiger partial charge in [-0.3, -0.25) is 19.3 Å². The summed E-state index contributed by atoms with van der Waals surface area (Å²) in [6.45, 7) is 7.30. The predicted octanol–water partition coefficient (Wildman–Crippen LogP) is 5.04. The molecule has 3 saturated heterocycles. The zero-order valence-corrected chi connectivity index (χ0v) is 26.8. The fourth-order valence-corrected chi connectivity index (χ4v) is 7.41. The number of benzene rings is 2. The van der Waals surface area contributed by atoms with Crippen molar-refractivity contribution in [3.05, 3.63) is 78.2 Å². The van der Waals surface area contributed by atoms with Gasteiger partial charge in [-0.2, -0.15) is 0 Å². The molecule has 0 radical (unpaired) electrons. The maximum absolute atomic E-state index is 13.9. The molecular formula is C37H41FN6O3. The molecular weight excluding hydrogens is 595 g/mol. The second-order valence-electron chi connectivity index (χ2n) is 13.1. The number of piperazine rings is 1. The maximum atomic E-state index is 13.9. The van der Waals surface area contributed by atoms with Crippen LogP contribution in [0.2, 0.25) is 0 Å². The predicted molar refractivity (Wildman–Crippen MR) is 179 cm³/mol. The molecule has 0 saturated carbocycles. The zero-order valence-electron chi connectivity index (χ0n) is 26.8. The van der Waals surface area contributed by atoms with Crippen molar-refractivity contribution in [2.24, 2.45) is 5.92 Å². The summed E-state index contributed by atoms with van der Waals surface area (Å²) in [4.78, 5) is 55.2. The number of fused-ring (bicyclic) bond motifs is 1. The molecule has 4 aromatic rings. The van der Waals surface area contributed by atoms with Crippen molar-refractivity contribution in [2.45, 2.75) is 38.6 Å². The van der Waals surface area contributed by atoms with Gasteiger partial charge in [0, 0.05) is 105 Å². The normalized spacial score (nSPS) is 18.6. The Labute approximate surface area is 274 Å². The molecule has 0 unspecified atom stereocenters. The van der Waals surface area contributed by atoms with E-state index in [-0.39, 0.29) is 29.5 Å². The van der Waals surface area contributed by atoms with Gasteiger partial charge in [-0.1, -0.05) is 6.07 Å². The molecule has 3 aliphatic rings. The molecule has 3 aliphatic heterocycles. The van der Waals surface area contributed by atoms with Gasteiger partial charge in [0.2, 0.25) is 11.8 Å². The van der Waals surface area contributed by atoms with E-state index < -0.39 is 0 Å². The van der Waals surface area contributed by atoms with Crippen LogP contribution in [0.1, 0.15) is 43.0 Å². The molecule has 3 fully saturated rings. The first-order valence-electron chi connectivity index (χ1n) is 16.8. The summed E-state index contributed by atoms with van der Waals surface area (Å²) in [5, 5.41) is 1.06. The summed E-state index contributed by atoms with van der Waals surface area (Å²) in [6.07, 6.45) is 5.27. The minimum Gasteiger partial charge on any atom is -0.361 e. The van der Waals surface area contributed by atoms with Crippen molar-refractivity contribution in [3.63, 3.8) is 0 Å². The monoisotopic (exact) mass is 636 g/mol. The number of likely N-dealkylation sites (tertiary alicyclic amines) is 2. The number of nitrogens with zero attached hydrogens (tertiary/aromatic N) is 5. The zero-order chi connectivity index (χ0) is 32.5. The van der Waals surface area contributed by atoms with Crippen LogP contribution >= 0.6 is 0 Å². The van der Waals surface area contributed by atoms with Crippen LogP contribution in [0.4, 0.5) is 4.39 Å². The fourth-order valence-electron chi connectivity index (χ4n) is 7.41. The van der Waals surface area contributed by atoms with E-state index in [1.807, 2.05) is 51.2 Å². The van der Waals surface area contributed by atoms with E-state index in [9.17, 15) is 18.8 Å². The van der Waals surface area contributed by atoms with Gasteiger partial charge in [-0.15, -0.1) is 0 Å². The number of aromatic amines is 1. The van der Waals surface area contributed by atoms with E-state index in [2.05, 4.69) is 16.0 Å². The van der Waals surface area contributed by atoms with E-state index in [0.29, 0.717) is 49.2 Å². The number of hydrogen-bond acceptors (Lipinski definition) is 5. The molecule has 3 amide bonds. The number of carbonyl (C=O) groups is 3. The average Bonchev–Trinajstić information content (AvgIpc) is 3.60. The lowest BCUT2D eigenvalue weighted by Crippen LogP contribution is -2.55. The van der Waals surface area contributed by atoms with Crippen molar-refractivity contribution in [3.8, 4) is 22.5 Å². The molecule has 0 spiro atoms. The first-order chi connectivity index (χ1) is 22.8. The number of H-pyrrole nitrogens is 1. The van der Waals surface area contributed by atoms with Gasteiger partial charge in [0.05, 0.1) is 11.4 Å². The molecule has 1 N–H and O–H groups in total. The Morgan fingerprint density at radius 1 is 0.723 bits per heavy atom. The van der Waals surface area contributed by atoms with Crippen LogP contribution in [0.25, 0.3) is 33.4 Å². The van der Waals surface area contributed by atoms with Crippen LogP contribution in [0, 0.1) is 11.7 Å². The van der Waals surface area contributed by atoms with E-state index in [4.69, 9.17) is 4.98 Å². The van der Waals surface area contributed by atoms with Crippen molar-refractivity contribution in [1.82, 2.24) is 29.6 Å². The van der Waals surface area contributed by atoms with Crippen molar-refractivity contribution < 1.29 is 18.8 Å². The Hall–Kier alpha value is -4.57. The number of halogens is 1. The number of piperidine rings is 2. The van der Waals surface area contributed by atoms with Gasteiger partial charge in [0.1, 0.15) is 5.82 Å². The van der Waals surface area contributed by atoms with Gasteiger partial charge in [-0.05, 0) is 80.3 Å². The van der Waals surface area contributed by atoms with Gasteiger partial charge in [0.15, 0.2) is 0 Å². The number of carbonyl (C=O) groups excluding carboxylic acids is 3. The van der Waals surface area contributed by atoms with Crippen LogP contribution < -0.4 is 0 Å². The quantitative estimate of drug-likeness (QED) is 0.331. The molecule has 0 atom stereocenters. The molecule has 7 rings (SSSR count). The average molecular weight is 637 g/mol. The van der Waals surface area contributed by atoms with Gasteiger partial charge >= 0.3 is 0 Å². The lowest BCUT2D eigenvalue weighted by Gasteiger charge is -2.43. The molecule has 2 aromatic heterocycles. The van der Waals surface area contributed by atoms with E-state index in [1.165, 1.54) is 12.1 Å². The number of rotatable bonds is 5. The maximum Gasteiger partial charge on any atom is 0.254 e. The Kier molecular flexibility index (Phi) is 8.77. The largest absolute Gasteiger partial charge is 0.361 e. The molecule has 0 aliphatic carbocycles. The first-order valence-corrected chi connectivity index (χ1v) is 16.8. The highest BCUT2D eigenvalue weighted by Gasteiger charge is 2.34. The molecule has 2 aromatic carbocycles. The summed E-state index contributed by atoms with van der Waals surface area (Å²) in [5.74, 6) is -0.00180. The van der Waals surface area contributed by atoms with E-state index >= 15 is 0 Å². The topological polar surface area (TPSA) is 92.9 Å². The Bertz CT molecular complexity index is 1760. The van der Waals surface area contributed by atoms with Crippen LogP contribution in [-0.2, 0) is 9.59 Å². The Morgan fingerprint density at radius 3 is 2.04 bits per heavy atom. The lowest BCUT2D eigenvalue weighted by atomic mass is 9.93. The summed E-state index contributed by atoms with van der Waals surface area (Å²) < 4.78 is 13.7. The van der Waals surface area contributed by atoms with Crippen molar-refractivity contribution in [2.75, 3.05) is 52.4 Å². The third-order valence-electron chi connectivity index (χ3n) is 10.2. The minimum absolute atomic E-state index is 0.0190. The summed E-state index contributed by atoms with van der Waals surface area (Å²) in [5.41, 5.74) is 4.58. The van der Waals surface area contributed by atoms with Crippen molar-refractivity contribution >= 4 is 28.6 Å². The molecule has 47 heavy (non-hydrogen) atoms. The number of aromatic nitrogens is 2. The second kappa shape index (κ2) is 13.3. The molecule has 5 heterocycles. The van der Waals surface area contributed by atoms with Gasteiger partial charge < -0.3 is 19.7 Å². The summed E-state index contributed by atoms with van der Waals surface area (Å²) in [6, 6.07) is 18.4. The number of hydrogen-bond donors (Lipinski definition) is 1. The smallest absolute Gasteiger partial charge is 0.254 e. The van der Waals surface area contributed by atoms with E-state index in [1.54, 1.807) is 19.1 Å². The third-order valence-corrected chi connectivity index (χ3v) is 10.2. The van der Waals surface area contributed by atoms with Gasteiger partial charge in [0.25, 0.3) is 5.91 Å². The minimum atomic E-state index is -0.319. The third kappa shape index (κ3) is 6.65. The molecule has 9 nitrogen and oxygen atoms in total. The molecule has 244 valence electrons. The van der Waals surface area contributed by atoms with Crippen molar-refractivity contribution in [1.29, 1.82) is 0 Å². The van der Waals surface area contributed by atoms with E-state index in [0.717, 1.165) is 73.9 Å². The molecule has 0 bridgehead atoms. The fraction of sp³-hybridized carbons (Fsp3) is 0.405.